The first kappa shape index (κ1) is 14.1. The zero-order chi connectivity index (χ0) is 14.5. The lowest BCUT2D eigenvalue weighted by Crippen LogP contribution is -1.93. The van der Waals surface area contributed by atoms with E-state index < -0.39 is 5.97 Å². The molecule has 0 amide bonds. The van der Waals surface area contributed by atoms with E-state index in [0.29, 0.717) is 22.2 Å². The van der Waals surface area contributed by atoms with Gasteiger partial charge in [-0.15, -0.1) is 0 Å². The fourth-order valence-corrected chi connectivity index (χ4v) is 1.83. The molecular formula is C15H12ClNO3. The minimum Gasteiger partial charge on any atom is -0.478 e. The van der Waals surface area contributed by atoms with Crippen LogP contribution in [0.15, 0.2) is 42.6 Å². The number of aromatic nitrogens is 1. The Morgan fingerprint density at radius 2 is 2.20 bits per heavy atom. The molecule has 0 saturated carbocycles. The van der Waals surface area contributed by atoms with Crippen LogP contribution < -0.4 is 4.74 Å². The Bertz CT molecular complexity index is 668. The molecule has 102 valence electrons. The van der Waals surface area contributed by atoms with Gasteiger partial charge in [0.25, 0.3) is 0 Å². The average Bonchev–Trinajstić information content (AvgIpc) is 2.41. The van der Waals surface area contributed by atoms with Gasteiger partial charge >= 0.3 is 5.97 Å². The summed E-state index contributed by atoms with van der Waals surface area (Å²) in [5, 5.41) is 9.29. The highest BCUT2D eigenvalue weighted by atomic mass is 35.5. The lowest BCUT2D eigenvalue weighted by atomic mass is 10.2. The van der Waals surface area contributed by atoms with Crippen LogP contribution in [0.3, 0.4) is 0 Å². The molecule has 20 heavy (non-hydrogen) atoms. The number of hydrogen-bond acceptors (Lipinski definition) is 3. The topological polar surface area (TPSA) is 59.4 Å². The molecular weight excluding hydrogens is 278 g/mol. The lowest BCUT2D eigenvalue weighted by molar-refractivity contribution is -0.131. The van der Waals surface area contributed by atoms with Crippen LogP contribution in [0.2, 0.25) is 5.02 Å². The van der Waals surface area contributed by atoms with Crippen molar-refractivity contribution in [3.63, 3.8) is 0 Å². The molecule has 4 nitrogen and oxygen atoms in total. The predicted octanol–water partition coefficient (Wildman–Crippen LogP) is 3.93. The number of aryl methyl sites for hydroxylation is 1. The van der Waals surface area contributed by atoms with E-state index in [4.69, 9.17) is 21.4 Å². The van der Waals surface area contributed by atoms with Gasteiger partial charge < -0.3 is 9.84 Å². The molecule has 5 heteroatoms. The second-order valence-electron chi connectivity index (χ2n) is 4.08. The molecule has 0 aliphatic heterocycles. The highest BCUT2D eigenvalue weighted by Gasteiger charge is 2.06. The fraction of sp³-hybridized carbons (Fsp3) is 0.0667. The third-order valence-electron chi connectivity index (χ3n) is 2.55. The van der Waals surface area contributed by atoms with E-state index in [1.54, 1.807) is 36.5 Å². The second-order valence-corrected chi connectivity index (χ2v) is 4.52. The normalized spacial score (nSPS) is 10.7. The second kappa shape index (κ2) is 6.21. The van der Waals surface area contributed by atoms with Crippen molar-refractivity contribution in [1.82, 2.24) is 4.98 Å². The molecule has 0 aliphatic carbocycles. The quantitative estimate of drug-likeness (QED) is 0.866. The van der Waals surface area contributed by atoms with Gasteiger partial charge in [-0.05, 0) is 48.9 Å². The Morgan fingerprint density at radius 3 is 2.90 bits per heavy atom. The van der Waals surface area contributed by atoms with E-state index in [1.807, 2.05) is 6.92 Å². The molecule has 0 fully saturated rings. The molecule has 0 aliphatic rings. The van der Waals surface area contributed by atoms with Crippen LogP contribution in [0, 0.1) is 6.92 Å². The summed E-state index contributed by atoms with van der Waals surface area (Å²) in [4.78, 5) is 14.7. The molecule has 2 rings (SSSR count). The zero-order valence-electron chi connectivity index (χ0n) is 10.7. The number of nitrogens with zero attached hydrogens (tertiary/aromatic N) is 1. The highest BCUT2D eigenvalue weighted by molar-refractivity contribution is 6.30. The highest BCUT2D eigenvalue weighted by Crippen LogP contribution is 2.28. The van der Waals surface area contributed by atoms with E-state index >= 15 is 0 Å². The van der Waals surface area contributed by atoms with Crippen LogP contribution in [-0.4, -0.2) is 16.1 Å². The number of halogens is 1. The third kappa shape index (κ3) is 3.59. The number of carboxylic acids is 1. The van der Waals surface area contributed by atoms with Crippen molar-refractivity contribution in [1.29, 1.82) is 0 Å². The minimum atomic E-state index is -1.03. The van der Waals surface area contributed by atoms with Gasteiger partial charge in [0, 0.05) is 22.9 Å². The van der Waals surface area contributed by atoms with Crippen LogP contribution in [0.25, 0.3) is 6.08 Å². The van der Waals surface area contributed by atoms with Gasteiger partial charge in [-0.25, -0.2) is 9.78 Å². The van der Waals surface area contributed by atoms with Crippen molar-refractivity contribution in [2.45, 2.75) is 6.92 Å². The van der Waals surface area contributed by atoms with Crippen LogP contribution in [0.4, 0.5) is 0 Å². The maximum atomic E-state index is 10.6. The molecule has 0 atom stereocenters. The van der Waals surface area contributed by atoms with Crippen molar-refractivity contribution in [2.75, 3.05) is 0 Å². The number of carboxylic acid groups (broad SMARTS) is 1. The van der Waals surface area contributed by atoms with Gasteiger partial charge in [0.15, 0.2) is 0 Å². The predicted molar refractivity (Wildman–Crippen MR) is 77.2 cm³/mol. The summed E-state index contributed by atoms with van der Waals surface area (Å²) in [5.41, 5.74) is 1.46. The van der Waals surface area contributed by atoms with Crippen LogP contribution in [0.5, 0.6) is 11.6 Å². The number of carbonyl (C=O) groups is 1. The van der Waals surface area contributed by atoms with E-state index in [-0.39, 0.29) is 0 Å². The first-order chi connectivity index (χ1) is 9.56. The van der Waals surface area contributed by atoms with Crippen LogP contribution in [0.1, 0.15) is 11.1 Å². The van der Waals surface area contributed by atoms with Gasteiger partial charge in [0.1, 0.15) is 5.75 Å². The lowest BCUT2D eigenvalue weighted by Gasteiger charge is -2.09. The average molecular weight is 290 g/mol. The summed E-state index contributed by atoms with van der Waals surface area (Å²) in [6.07, 6.45) is 4.06. The summed E-state index contributed by atoms with van der Waals surface area (Å²) in [6.45, 7) is 1.87. The molecule has 0 unspecified atom stereocenters. The van der Waals surface area contributed by atoms with E-state index in [2.05, 4.69) is 4.98 Å². The summed E-state index contributed by atoms with van der Waals surface area (Å²) in [6, 6.07) is 8.69. The van der Waals surface area contributed by atoms with Crippen molar-refractivity contribution in [2.24, 2.45) is 0 Å². The monoisotopic (exact) mass is 289 g/mol. The Hall–Kier alpha value is -2.33. The van der Waals surface area contributed by atoms with E-state index in [1.165, 1.54) is 6.08 Å². The van der Waals surface area contributed by atoms with Crippen molar-refractivity contribution in [3.05, 3.63) is 58.8 Å². The summed E-state index contributed by atoms with van der Waals surface area (Å²) >= 11 is 5.89. The van der Waals surface area contributed by atoms with Crippen LogP contribution in [-0.2, 0) is 4.79 Å². The third-order valence-corrected chi connectivity index (χ3v) is 2.78. The van der Waals surface area contributed by atoms with Gasteiger partial charge in [-0.1, -0.05) is 11.6 Å². The van der Waals surface area contributed by atoms with Gasteiger partial charge in [-0.2, -0.15) is 0 Å². The Labute approximate surface area is 121 Å². The molecule has 1 N–H and O–H groups in total. The standard InChI is InChI=1S/C15H12ClNO3/c1-10-9-12(16)5-6-13(10)20-15-11(3-2-8-17-15)4-7-14(18)19/h2-9H,1H3,(H,18,19)/b7-4+. The van der Waals surface area contributed by atoms with Gasteiger partial charge in [0.2, 0.25) is 5.88 Å². The zero-order valence-corrected chi connectivity index (χ0v) is 11.5. The van der Waals surface area contributed by atoms with Crippen molar-refractivity contribution in [3.8, 4) is 11.6 Å². The molecule has 0 radical (unpaired) electrons. The number of aliphatic carboxylic acids is 1. The summed E-state index contributed by atoms with van der Waals surface area (Å²) in [5.74, 6) is -0.0593. The number of pyridine rings is 1. The van der Waals surface area contributed by atoms with E-state index in [9.17, 15) is 4.79 Å². The number of benzene rings is 1. The van der Waals surface area contributed by atoms with Gasteiger partial charge in [0.05, 0.1) is 0 Å². The minimum absolute atomic E-state index is 0.343. The molecule has 1 heterocycles. The fourth-order valence-electron chi connectivity index (χ4n) is 1.61. The largest absolute Gasteiger partial charge is 0.478 e. The Morgan fingerprint density at radius 1 is 1.40 bits per heavy atom. The summed E-state index contributed by atoms with van der Waals surface area (Å²) < 4.78 is 5.71. The number of rotatable bonds is 4. The molecule has 1 aromatic carbocycles. The number of hydrogen-bond donors (Lipinski definition) is 1. The molecule has 2 aromatic rings. The Balaban J connectivity index is 2.31. The van der Waals surface area contributed by atoms with Crippen molar-refractivity contribution >= 4 is 23.6 Å². The molecule has 0 bridgehead atoms. The molecule has 1 aromatic heterocycles. The maximum absolute atomic E-state index is 10.6. The maximum Gasteiger partial charge on any atom is 0.328 e. The number of ether oxygens (including phenoxy) is 1. The van der Waals surface area contributed by atoms with Gasteiger partial charge in [-0.3, -0.25) is 0 Å². The Kier molecular flexibility index (Phi) is 4.38. The molecule has 0 saturated heterocycles. The van der Waals surface area contributed by atoms with E-state index in [0.717, 1.165) is 11.6 Å². The first-order valence-electron chi connectivity index (χ1n) is 5.86. The first-order valence-corrected chi connectivity index (χ1v) is 6.24. The smallest absolute Gasteiger partial charge is 0.328 e. The summed E-state index contributed by atoms with van der Waals surface area (Å²) in [7, 11) is 0. The molecule has 0 spiro atoms. The SMILES string of the molecule is Cc1cc(Cl)ccc1Oc1ncccc1/C=C/C(=O)O. The van der Waals surface area contributed by atoms with Crippen LogP contribution >= 0.6 is 11.6 Å². The van der Waals surface area contributed by atoms with Crippen molar-refractivity contribution < 1.29 is 14.6 Å².